The third-order valence-corrected chi connectivity index (χ3v) is 5.77. The second-order valence-corrected chi connectivity index (χ2v) is 7.92. The number of nitrogens with zero attached hydrogens (tertiary/aromatic N) is 2. The lowest BCUT2D eigenvalue weighted by Crippen LogP contribution is -2.30. The van der Waals surface area contributed by atoms with E-state index in [0.717, 1.165) is 21.8 Å². The molecule has 2 heterocycles. The Labute approximate surface area is 186 Å². The van der Waals surface area contributed by atoms with Crippen molar-refractivity contribution >= 4 is 23.3 Å². The Morgan fingerprint density at radius 1 is 1.16 bits per heavy atom. The Bertz CT molecular complexity index is 1030. The highest BCUT2D eigenvalue weighted by atomic mass is 32.1. The predicted octanol–water partition coefficient (Wildman–Crippen LogP) is 4.01. The molecule has 1 amide bonds. The molecule has 0 aliphatic carbocycles. The van der Waals surface area contributed by atoms with Crippen LogP contribution in [0.4, 0.5) is 0 Å². The molecule has 0 aliphatic rings. The van der Waals surface area contributed by atoms with Crippen LogP contribution in [0, 0.1) is 13.8 Å². The molecular formula is C23H27N3O4S. The normalized spacial score (nSPS) is 12.0. The van der Waals surface area contributed by atoms with Gasteiger partial charge < -0.3 is 19.5 Å². The molecule has 1 unspecified atom stereocenters. The third-order valence-electron chi connectivity index (χ3n) is 4.80. The highest BCUT2D eigenvalue weighted by Crippen LogP contribution is 2.38. The van der Waals surface area contributed by atoms with Crippen molar-refractivity contribution in [3.8, 4) is 17.2 Å². The Morgan fingerprint density at radius 3 is 2.39 bits per heavy atom. The van der Waals surface area contributed by atoms with Crippen LogP contribution < -0.4 is 19.5 Å². The second kappa shape index (κ2) is 10.2. The number of carbonyl (C=O) groups excluding carboxylic acids is 1. The summed E-state index contributed by atoms with van der Waals surface area (Å²) in [6, 6.07) is 9.61. The topological polar surface area (TPSA) is 74.6 Å². The monoisotopic (exact) mass is 441 g/mol. The molecule has 0 saturated carbocycles. The SMILES string of the molecule is COc1cc(/C=C/C(=O)NCC(c2cccs2)n2nc(C)cc2C)cc(OC)c1OC. The number of hydrogen-bond acceptors (Lipinski definition) is 6. The molecule has 3 rings (SSSR count). The van der Waals surface area contributed by atoms with Gasteiger partial charge in [-0.1, -0.05) is 6.07 Å². The van der Waals surface area contributed by atoms with Crippen LogP contribution in [-0.2, 0) is 4.79 Å². The Hall–Kier alpha value is -3.26. The quantitative estimate of drug-likeness (QED) is 0.508. The molecule has 1 N–H and O–H groups in total. The van der Waals surface area contributed by atoms with Crippen molar-refractivity contribution in [3.63, 3.8) is 0 Å². The zero-order valence-corrected chi connectivity index (χ0v) is 19.2. The fourth-order valence-electron chi connectivity index (χ4n) is 3.38. The molecule has 0 saturated heterocycles. The summed E-state index contributed by atoms with van der Waals surface area (Å²) in [4.78, 5) is 13.7. The number of carbonyl (C=O) groups is 1. The number of nitrogens with one attached hydrogen (secondary N) is 1. The van der Waals surface area contributed by atoms with E-state index < -0.39 is 0 Å². The van der Waals surface area contributed by atoms with E-state index in [0.29, 0.717) is 23.8 Å². The first kappa shape index (κ1) is 22.4. The van der Waals surface area contributed by atoms with Crippen LogP contribution in [0.15, 0.2) is 41.8 Å². The van der Waals surface area contributed by atoms with Crippen LogP contribution in [0.2, 0.25) is 0 Å². The number of ether oxygens (including phenoxy) is 3. The number of aryl methyl sites for hydroxylation is 2. The fourth-order valence-corrected chi connectivity index (χ4v) is 4.19. The number of hydrogen-bond donors (Lipinski definition) is 1. The third kappa shape index (κ3) is 5.27. The van der Waals surface area contributed by atoms with Crippen LogP contribution in [-0.4, -0.2) is 43.6 Å². The zero-order chi connectivity index (χ0) is 22.4. The van der Waals surface area contributed by atoms with Crippen molar-refractivity contribution in [3.05, 3.63) is 63.6 Å². The minimum Gasteiger partial charge on any atom is -0.493 e. The minimum absolute atomic E-state index is 0.0628. The van der Waals surface area contributed by atoms with E-state index in [9.17, 15) is 4.79 Å². The summed E-state index contributed by atoms with van der Waals surface area (Å²) in [5, 5.41) is 9.62. The maximum Gasteiger partial charge on any atom is 0.244 e. The van der Waals surface area contributed by atoms with Crippen molar-refractivity contribution in [1.82, 2.24) is 15.1 Å². The molecule has 7 nitrogen and oxygen atoms in total. The molecular weight excluding hydrogens is 414 g/mol. The van der Waals surface area contributed by atoms with Gasteiger partial charge in [0.05, 0.1) is 27.0 Å². The number of benzene rings is 1. The van der Waals surface area contributed by atoms with Crippen molar-refractivity contribution in [1.29, 1.82) is 0 Å². The minimum atomic E-state index is -0.197. The smallest absolute Gasteiger partial charge is 0.244 e. The van der Waals surface area contributed by atoms with Gasteiger partial charge >= 0.3 is 0 Å². The summed E-state index contributed by atoms with van der Waals surface area (Å²) >= 11 is 1.65. The molecule has 1 atom stereocenters. The molecule has 164 valence electrons. The fraction of sp³-hybridized carbons (Fsp3) is 0.304. The van der Waals surface area contributed by atoms with Crippen LogP contribution in [0.1, 0.15) is 27.9 Å². The lowest BCUT2D eigenvalue weighted by molar-refractivity contribution is -0.116. The van der Waals surface area contributed by atoms with Crippen molar-refractivity contribution < 1.29 is 19.0 Å². The average molecular weight is 442 g/mol. The second-order valence-electron chi connectivity index (χ2n) is 6.94. The number of rotatable bonds is 9. The van der Waals surface area contributed by atoms with Gasteiger partial charge in [-0.15, -0.1) is 11.3 Å². The van der Waals surface area contributed by atoms with Crippen molar-refractivity contribution in [2.24, 2.45) is 0 Å². The van der Waals surface area contributed by atoms with Crippen LogP contribution >= 0.6 is 11.3 Å². The lowest BCUT2D eigenvalue weighted by Gasteiger charge is -2.18. The summed E-state index contributed by atoms with van der Waals surface area (Å²) in [7, 11) is 4.67. The molecule has 8 heteroatoms. The molecule has 0 bridgehead atoms. The lowest BCUT2D eigenvalue weighted by atomic mass is 10.1. The van der Waals surface area contributed by atoms with Gasteiger partial charge in [0.1, 0.15) is 6.04 Å². The van der Waals surface area contributed by atoms with Gasteiger partial charge in [-0.05, 0) is 55.1 Å². The average Bonchev–Trinajstić information content (AvgIpc) is 3.41. The van der Waals surface area contributed by atoms with E-state index in [4.69, 9.17) is 14.2 Å². The predicted molar refractivity (Wildman–Crippen MR) is 122 cm³/mol. The van der Waals surface area contributed by atoms with Gasteiger partial charge in [-0.2, -0.15) is 5.10 Å². The summed E-state index contributed by atoms with van der Waals surface area (Å²) in [6.45, 7) is 4.42. The number of thiophene rings is 1. The summed E-state index contributed by atoms with van der Waals surface area (Å²) in [6.07, 6.45) is 3.20. The Morgan fingerprint density at radius 2 is 1.87 bits per heavy atom. The molecule has 0 radical (unpaired) electrons. The standard InChI is InChI=1S/C23H27N3O4S/c1-15-11-16(2)26(25-15)18(21-7-6-10-31-21)14-24-22(27)9-8-17-12-19(28-3)23(30-5)20(13-17)29-4/h6-13,18H,14H2,1-5H3,(H,24,27)/b9-8+. The summed E-state index contributed by atoms with van der Waals surface area (Å²) < 4.78 is 18.0. The summed E-state index contributed by atoms with van der Waals surface area (Å²) in [5.74, 6) is 1.38. The van der Waals surface area contributed by atoms with E-state index in [1.165, 1.54) is 6.08 Å². The van der Waals surface area contributed by atoms with Crippen LogP contribution in [0.3, 0.4) is 0 Å². The first-order valence-corrected chi connectivity index (χ1v) is 10.7. The van der Waals surface area contributed by atoms with Gasteiger partial charge in [0, 0.05) is 23.2 Å². The first-order chi connectivity index (χ1) is 15.0. The summed E-state index contributed by atoms with van der Waals surface area (Å²) in [5.41, 5.74) is 2.77. The Balaban J connectivity index is 1.74. The van der Waals surface area contributed by atoms with E-state index >= 15 is 0 Å². The van der Waals surface area contributed by atoms with E-state index in [-0.39, 0.29) is 11.9 Å². The first-order valence-electron chi connectivity index (χ1n) is 9.79. The highest BCUT2D eigenvalue weighted by molar-refractivity contribution is 7.10. The molecule has 0 spiro atoms. The van der Waals surface area contributed by atoms with Crippen LogP contribution in [0.25, 0.3) is 6.08 Å². The van der Waals surface area contributed by atoms with Crippen molar-refractivity contribution in [2.75, 3.05) is 27.9 Å². The molecule has 0 fully saturated rings. The Kier molecular flexibility index (Phi) is 7.36. The maximum absolute atomic E-state index is 12.5. The van der Waals surface area contributed by atoms with Gasteiger partial charge in [-0.3, -0.25) is 9.48 Å². The van der Waals surface area contributed by atoms with E-state index in [2.05, 4.69) is 16.5 Å². The highest BCUT2D eigenvalue weighted by Gasteiger charge is 2.19. The molecule has 1 aromatic carbocycles. The van der Waals surface area contributed by atoms with Gasteiger partial charge in [-0.25, -0.2) is 0 Å². The molecule has 31 heavy (non-hydrogen) atoms. The van der Waals surface area contributed by atoms with Crippen LogP contribution in [0.5, 0.6) is 17.2 Å². The number of amides is 1. The largest absolute Gasteiger partial charge is 0.493 e. The molecule has 2 aromatic heterocycles. The van der Waals surface area contributed by atoms with Crippen molar-refractivity contribution in [2.45, 2.75) is 19.9 Å². The molecule has 0 aliphatic heterocycles. The van der Waals surface area contributed by atoms with E-state index in [1.54, 1.807) is 50.9 Å². The number of aromatic nitrogens is 2. The zero-order valence-electron chi connectivity index (χ0n) is 18.3. The molecule has 3 aromatic rings. The van der Waals surface area contributed by atoms with Gasteiger partial charge in [0.25, 0.3) is 0 Å². The number of methoxy groups -OCH3 is 3. The van der Waals surface area contributed by atoms with Gasteiger partial charge in [0.15, 0.2) is 11.5 Å². The maximum atomic E-state index is 12.5. The van der Waals surface area contributed by atoms with Gasteiger partial charge in [0.2, 0.25) is 11.7 Å². The van der Waals surface area contributed by atoms with E-state index in [1.807, 2.05) is 36.0 Å².